The van der Waals surface area contributed by atoms with Crippen molar-refractivity contribution in [2.75, 3.05) is 0 Å². The Hall–Kier alpha value is -4.73. The van der Waals surface area contributed by atoms with E-state index in [4.69, 9.17) is 39.7 Å². The van der Waals surface area contributed by atoms with E-state index in [2.05, 4.69) is 0 Å². The van der Waals surface area contributed by atoms with Gasteiger partial charge in [-0.1, -0.05) is 35.4 Å². The van der Waals surface area contributed by atoms with Gasteiger partial charge in [0.2, 0.25) is 0 Å². The van der Waals surface area contributed by atoms with Crippen molar-refractivity contribution in [2.24, 2.45) is 0 Å². The number of carboxylic acids is 3. The van der Waals surface area contributed by atoms with E-state index in [9.17, 15) is 10.2 Å². The van der Waals surface area contributed by atoms with Crippen molar-refractivity contribution in [3.63, 3.8) is 0 Å². The zero-order chi connectivity index (χ0) is 30.4. The minimum atomic E-state index is -1.08. The molecule has 2 aromatic heterocycles. The predicted octanol–water partition coefficient (Wildman–Crippen LogP) is 1.77. The summed E-state index contributed by atoms with van der Waals surface area (Å²) in [5.41, 5.74) is 6.25. The summed E-state index contributed by atoms with van der Waals surface area (Å²) in [7, 11) is 0. The molecule has 41 heavy (non-hydrogen) atoms. The molecular weight excluding hydrogens is 571 g/mol. The number of rotatable bonds is 3. The normalized spacial score (nSPS) is 9.20. The van der Waals surface area contributed by atoms with Gasteiger partial charge < -0.3 is 39.9 Å². The maximum absolute atomic E-state index is 10.2. The number of phenols is 2. The zero-order valence-electron chi connectivity index (χ0n) is 23.0. The Labute approximate surface area is 248 Å². The topological polar surface area (TPSA) is 187 Å². The van der Waals surface area contributed by atoms with Gasteiger partial charge in [0.15, 0.2) is 0 Å². The van der Waals surface area contributed by atoms with E-state index in [-0.39, 0.29) is 28.6 Å². The van der Waals surface area contributed by atoms with Crippen LogP contribution in [0.2, 0.25) is 0 Å². The maximum atomic E-state index is 10.2. The number of nitrogens with zero attached hydrogens (tertiary/aromatic N) is 2. The van der Waals surface area contributed by atoms with E-state index in [1.54, 1.807) is 12.1 Å². The molecule has 0 aliphatic heterocycles. The summed E-state index contributed by atoms with van der Waals surface area (Å²) >= 11 is 0. The number of aryl methyl sites for hydroxylation is 2. The second-order valence-corrected chi connectivity index (χ2v) is 8.33. The molecular formula is C30H29MnN2O8. The quantitative estimate of drug-likeness (QED) is 0.328. The second kappa shape index (κ2) is 17.8. The molecule has 0 saturated heterocycles. The molecule has 0 aliphatic rings. The molecule has 0 saturated carbocycles. The van der Waals surface area contributed by atoms with Crippen LogP contribution in [0.3, 0.4) is 0 Å². The number of aromatic hydroxyl groups is 2. The van der Waals surface area contributed by atoms with Crippen LogP contribution >= 0.6 is 0 Å². The van der Waals surface area contributed by atoms with Gasteiger partial charge in [0.05, 0.1) is 22.8 Å². The number of pyridine rings is 2. The van der Waals surface area contributed by atoms with Gasteiger partial charge in [0, 0.05) is 29.0 Å². The van der Waals surface area contributed by atoms with Crippen LogP contribution in [-0.4, -0.2) is 38.1 Å². The van der Waals surface area contributed by atoms with Crippen molar-refractivity contribution in [3.05, 3.63) is 83.9 Å². The Morgan fingerprint density at radius 3 is 1.12 bits per heavy atom. The number of carboxylic acid groups (broad SMARTS) is 3. The standard InChI is InChI=1S/C24H20N2O2.3C2H4O2.Mn/c1-15-9-11-23(27)17(13-15)19-5-3-7-21(25-19)22-8-4-6-20(26-22)18-14-16(2)10-12-24(18)28;3*1-2(3)4;/h3-14,27-28H,1-2H3;3*1H3,(H,3,4);/q;;;;+3/p-3. The van der Waals surface area contributed by atoms with Crippen molar-refractivity contribution in [2.45, 2.75) is 34.6 Å². The van der Waals surface area contributed by atoms with Crippen LogP contribution < -0.4 is 15.3 Å². The second-order valence-electron chi connectivity index (χ2n) is 8.33. The fourth-order valence-corrected chi connectivity index (χ4v) is 3.16. The molecule has 0 spiro atoms. The fraction of sp³-hybridized carbons (Fsp3) is 0.167. The number of carbonyl (C=O) groups is 3. The smallest absolute Gasteiger partial charge is 0.550 e. The third kappa shape index (κ3) is 13.8. The molecule has 214 valence electrons. The van der Waals surface area contributed by atoms with Gasteiger partial charge in [0.25, 0.3) is 0 Å². The van der Waals surface area contributed by atoms with E-state index < -0.39 is 17.9 Å². The average Bonchev–Trinajstić information content (AvgIpc) is 2.86. The van der Waals surface area contributed by atoms with Crippen molar-refractivity contribution < 1.29 is 57.0 Å². The zero-order valence-corrected chi connectivity index (χ0v) is 24.2. The fourth-order valence-electron chi connectivity index (χ4n) is 3.16. The van der Waals surface area contributed by atoms with Crippen LogP contribution in [-0.2, 0) is 31.5 Å². The van der Waals surface area contributed by atoms with Crippen molar-refractivity contribution in [1.29, 1.82) is 0 Å². The molecule has 0 bridgehead atoms. The third-order valence-corrected chi connectivity index (χ3v) is 4.62. The summed E-state index contributed by atoms with van der Waals surface area (Å²) in [6.45, 7) is 6.87. The Bertz CT molecular complexity index is 1340. The molecule has 2 heterocycles. The van der Waals surface area contributed by atoms with Crippen LogP contribution in [0.5, 0.6) is 11.5 Å². The largest absolute Gasteiger partial charge is 3.00 e. The summed E-state index contributed by atoms with van der Waals surface area (Å²) in [6, 6.07) is 22.2. The number of hydrogen-bond acceptors (Lipinski definition) is 10. The van der Waals surface area contributed by atoms with Crippen LogP contribution in [0.15, 0.2) is 72.8 Å². The predicted molar refractivity (Wildman–Crippen MR) is 143 cm³/mol. The van der Waals surface area contributed by atoms with Gasteiger partial charge in [-0.15, -0.1) is 0 Å². The molecule has 11 heteroatoms. The minimum absolute atomic E-state index is 0. The summed E-state index contributed by atoms with van der Waals surface area (Å²) in [4.78, 5) is 36.1. The first kappa shape index (κ1) is 36.3. The summed E-state index contributed by atoms with van der Waals surface area (Å²) < 4.78 is 0. The van der Waals surface area contributed by atoms with Gasteiger partial charge in [-0.3, -0.25) is 0 Å². The molecule has 0 unspecified atom stereocenters. The molecule has 0 aliphatic carbocycles. The number of phenolic OH excluding ortho intramolecular Hbond substituents is 2. The maximum Gasteiger partial charge on any atom is 3.00 e. The van der Waals surface area contributed by atoms with Crippen LogP contribution in [0.4, 0.5) is 0 Å². The van der Waals surface area contributed by atoms with Crippen molar-refractivity contribution in [3.8, 4) is 45.4 Å². The number of benzene rings is 2. The number of hydrogen-bond donors (Lipinski definition) is 2. The van der Waals surface area contributed by atoms with Gasteiger partial charge in [-0.25, -0.2) is 9.97 Å². The molecule has 4 aromatic rings. The molecule has 4 rings (SSSR count). The van der Waals surface area contributed by atoms with Crippen LogP contribution in [0, 0.1) is 13.8 Å². The summed E-state index contributed by atoms with van der Waals surface area (Å²) in [6.07, 6.45) is 0. The first-order valence-corrected chi connectivity index (χ1v) is 11.8. The van der Waals surface area contributed by atoms with Crippen molar-refractivity contribution in [1.82, 2.24) is 9.97 Å². The van der Waals surface area contributed by atoms with Crippen LogP contribution in [0.25, 0.3) is 33.9 Å². The Balaban J connectivity index is 0.00000105. The Morgan fingerprint density at radius 1 is 0.561 bits per heavy atom. The number of aliphatic carboxylic acids is 3. The number of carbonyl (C=O) groups excluding carboxylic acids is 3. The van der Waals surface area contributed by atoms with E-state index in [1.807, 2.05) is 74.5 Å². The molecule has 0 fully saturated rings. The van der Waals surface area contributed by atoms with E-state index in [1.165, 1.54) is 0 Å². The molecule has 10 nitrogen and oxygen atoms in total. The van der Waals surface area contributed by atoms with Gasteiger partial charge in [0.1, 0.15) is 11.5 Å². The monoisotopic (exact) mass is 600 g/mol. The Kier molecular flexibility index (Phi) is 15.7. The molecule has 2 N–H and O–H groups in total. The molecule has 0 amide bonds. The minimum Gasteiger partial charge on any atom is -0.550 e. The summed E-state index contributed by atoms with van der Waals surface area (Å²) in [5, 5.41) is 47.1. The molecule has 2 aromatic carbocycles. The SMILES string of the molecule is CC(=O)[O-].CC(=O)[O-].CC(=O)[O-].Cc1ccc(O)c(-c2cccc(-c3cccc(-c4cc(C)ccc4O)n3)n2)c1.[Mn+3]. The van der Waals surface area contributed by atoms with E-state index in [0.717, 1.165) is 31.9 Å². The van der Waals surface area contributed by atoms with Crippen molar-refractivity contribution >= 4 is 17.9 Å². The Morgan fingerprint density at radius 2 is 0.829 bits per heavy atom. The number of aromatic nitrogens is 2. The third-order valence-electron chi connectivity index (χ3n) is 4.62. The average molecular weight is 601 g/mol. The molecule has 0 atom stereocenters. The first-order valence-electron chi connectivity index (χ1n) is 11.8. The molecule has 0 radical (unpaired) electrons. The van der Waals surface area contributed by atoms with E-state index in [0.29, 0.717) is 33.9 Å². The van der Waals surface area contributed by atoms with Crippen LogP contribution in [0.1, 0.15) is 31.9 Å². The first-order chi connectivity index (χ1) is 18.7. The van der Waals surface area contributed by atoms with Gasteiger partial charge >= 0.3 is 17.1 Å². The summed E-state index contributed by atoms with van der Waals surface area (Å²) in [5.74, 6) is -2.86. The van der Waals surface area contributed by atoms with Gasteiger partial charge in [-0.2, -0.15) is 0 Å². The van der Waals surface area contributed by atoms with E-state index >= 15 is 0 Å². The van der Waals surface area contributed by atoms with Gasteiger partial charge in [-0.05, 0) is 83.1 Å².